The highest BCUT2D eigenvalue weighted by Gasteiger charge is 2.22. The van der Waals surface area contributed by atoms with Crippen molar-refractivity contribution in [3.63, 3.8) is 0 Å². The van der Waals surface area contributed by atoms with Gasteiger partial charge in [-0.2, -0.15) is 0 Å². The van der Waals surface area contributed by atoms with Crippen LogP contribution in [-0.2, 0) is 17.1 Å². The first-order valence-electron chi connectivity index (χ1n) is 7.13. The summed E-state index contributed by atoms with van der Waals surface area (Å²) >= 11 is 3.15. The number of rotatable bonds is 3. The van der Waals surface area contributed by atoms with Crippen molar-refractivity contribution in [1.29, 1.82) is 0 Å². The first-order valence-corrected chi connectivity index (χ1v) is 9.47. The van der Waals surface area contributed by atoms with Gasteiger partial charge in [0.15, 0.2) is 0 Å². The molecule has 1 heterocycles. The Balaban J connectivity index is 2.21. The summed E-state index contributed by atoms with van der Waals surface area (Å²) in [4.78, 5) is 12.9. The van der Waals surface area contributed by atoms with E-state index in [0.717, 1.165) is 16.5 Å². The van der Waals surface area contributed by atoms with Crippen LogP contribution < -0.4 is 5.14 Å². The predicted octanol–water partition coefficient (Wildman–Crippen LogP) is 3.13. The molecule has 0 saturated carbocycles. The van der Waals surface area contributed by atoms with Gasteiger partial charge in [0.25, 0.3) is 0 Å². The van der Waals surface area contributed by atoms with Gasteiger partial charge in [0, 0.05) is 28.0 Å². The molecule has 2 N–H and O–H groups in total. The van der Waals surface area contributed by atoms with Gasteiger partial charge in [-0.05, 0) is 52.7 Å². The molecule has 0 amide bonds. The molecule has 3 aromatic rings. The summed E-state index contributed by atoms with van der Waals surface area (Å²) < 4.78 is 25.5. The van der Waals surface area contributed by atoms with Crippen molar-refractivity contribution in [1.82, 2.24) is 4.57 Å². The lowest BCUT2D eigenvalue weighted by atomic mass is 10.0. The van der Waals surface area contributed by atoms with Crippen LogP contribution in [0.2, 0.25) is 0 Å². The third-order valence-corrected chi connectivity index (χ3v) is 5.98. The van der Waals surface area contributed by atoms with E-state index in [1.165, 1.54) is 12.1 Å². The lowest BCUT2D eigenvalue weighted by molar-refractivity contribution is 0.103. The maximum atomic E-state index is 13.0. The van der Waals surface area contributed by atoms with Crippen LogP contribution in [0.25, 0.3) is 10.9 Å². The molecule has 3 rings (SSSR count). The molecule has 0 aliphatic heterocycles. The van der Waals surface area contributed by atoms with E-state index in [9.17, 15) is 13.2 Å². The number of para-hydroxylation sites is 1. The maximum Gasteiger partial charge on any atom is 0.239 e. The molecule has 0 unspecified atom stereocenters. The standard InChI is InChI=1S/C17H15BrN2O3S/c1-10-12-5-3-4-6-14(12)20(2)16(10)17(21)11-7-8-13(18)15(9-11)24(19,22)23/h3-9H,1-2H3,(H2,19,22,23). The summed E-state index contributed by atoms with van der Waals surface area (Å²) in [5.41, 5.74) is 2.61. The third kappa shape index (κ3) is 2.68. The Labute approximate surface area is 148 Å². The van der Waals surface area contributed by atoms with E-state index in [1.54, 1.807) is 6.07 Å². The number of primary sulfonamides is 1. The first-order chi connectivity index (χ1) is 11.2. The molecule has 5 nitrogen and oxygen atoms in total. The topological polar surface area (TPSA) is 82.2 Å². The number of halogens is 1. The van der Waals surface area contributed by atoms with E-state index in [4.69, 9.17) is 5.14 Å². The normalized spacial score (nSPS) is 11.8. The van der Waals surface area contributed by atoms with Crippen molar-refractivity contribution in [2.45, 2.75) is 11.8 Å². The van der Waals surface area contributed by atoms with Gasteiger partial charge in [-0.15, -0.1) is 0 Å². The van der Waals surface area contributed by atoms with E-state index in [-0.39, 0.29) is 16.2 Å². The van der Waals surface area contributed by atoms with Crippen LogP contribution in [0.15, 0.2) is 51.8 Å². The van der Waals surface area contributed by atoms with Crippen LogP contribution in [0.4, 0.5) is 0 Å². The van der Waals surface area contributed by atoms with Crippen molar-refractivity contribution in [2.24, 2.45) is 12.2 Å². The fourth-order valence-corrected chi connectivity index (χ4v) is 4.46. The van der Waals surface area contributed by atoms with Crippen molar-refractivity contribution in [2.75, 3.05) is 0 Å². The van der Waals surface area contributed by atoms with Crippen molar-refractivity contribution in [3.05, 3.63) is 63.8 Å². The second kappa shape index (κ2) is 5.84. The number of benzene rings is 2. The minimum Gasteiger partial charge on any atom is -0.341 e. The number of nitrogens with two attached hydrogens (primary N) is 1. The number of nitrogens with zero attached hydrogens (tertiary/aromatic N) is 1. The minimum atomic E-state index is -3.92. The number of aryl methyl sites for hydroxylation is 2. The zero-order valence-electron chi connectivity index (χ0n) is 13.1. The fourth-order valence-electron chi connectivity index (χ4n) is 2.90. The van der Waals surface area contributed by atoms with Crippen LogP contribution in [0.3, 0.4) is 0 Å². The first kappa shape index (κ1) is 16.9. The maximum absolute atomic E-state index is 13.0. The summed E-state index contributed by atoms with van der Waals surface area (Å²) in [6.45, 7) is 1.88. The van der Waals surface area contributed by atoms with Gasteiger partial charge >= 0.3 is 0 Å². The van der Waals surface area contributed by atoms with Crippen molar-refractivity contribution < 1.29 is 13.2 Å². The largest absolute Gasteiger partial charge is 0.341 e. The number of fused-ring (bicyclic) bond motifs is 1. The number of aromatic nitrogens is 1. The molecule has 0 saturated heterocycles. The number of hydrogen-bond donors (Lipinski definition) is 1. The van der Waals surface area contributed by atoms with Gasteiger partial charge in [-0.3, -0.25) is 4.79 Å². The Hall–Kier alpha value is -1.96. The molecular weight excluding hydrogens is 392 g/mol. The Kier molecular flexibility index (Phi) is 4.11. The number of carbonyl (C=O) groups is 1. The second-order valence-electron chi connectivity index (χ2n) is 5.57. The summed E-state index contributed by atoms with van der Waals surface area (Å²) in [7, 11) is -2.10. The molecule has 7 heteroatoms. The molecule has 124 valence electrons. The number of sulfonamides is 1. The van der Waals surface area contributed by atoms with Crippen molar-refractivity contribution in [3.8, 4) is 0 Å². The summed E-state index contributed by atoms with van der Waals surface area (Å²) in [5.74, 6) is -0.247. The zero-order valence-corrected chi connectivity index (χ0v) is 15.5. The summed E-state index contributed by atoms with van der Waals surface area (Å²) in [6.07, 6.45) is 0. The van der Waals surface area contributed by atoms with E-state index in [1.807, 2.05) is 42.8 Å². The van der Waals surface area contributed by atoms with Gasteiger partial charge in [-0.25, -0.2) is 13.6 Å². The van der Waals surface area contributed by atoms with E-state index < -0.39 is 10.0 Å². The molecule has 0 bridgehead atoms. The monoisotopic (exact) mass is 406 g/mol. The van der Waals surface area contributed by atoms with Crippen LogP contribution >= 0.6 is 15.9 Å². The third-order valence-electron chi connectivity index (χ3n) is 4.08. The van der Waals surface area contributed by atoms with Crippen LogP contribution in [0.5, 0.6) is 0 Å². The highest BCUT2D eigenvalue weighted by Crippen LogP contribution is 2.28. The van der Waals surface area contributed by atoms with Gasteiger partial charge in [0.2, 0.25) is 15.8 Å². The predicted molar refractivity (Wildman–Crippen MR) is 96.6 cm³/mol. The molecular formula is C17H15BrN2O3S. The fraction of sp³-hybridized carbons (Fsp3) is 0.118. The molecule has 0 radical (unpaired) electrons. The highest BCUT2D eigenvalue weighted by atomic mass is 79.9. The number of ketones is 1. The molecule has 0 aliphatic carbocycles. The Morgan fingerprint density at radius 2 is 1.83 bits per heavy atom. The van der Waals surface area contributed by atoms with Gasteiger partial charge in [0.1, 0.15) is 0 Å². The Morgan fingerprint density at radius 1 is 1.17 bits per heavy atom. The average Bonchev–Trinajstić information content (AvgIpc) is 2.78. The van der Waals surface area contributed by atoms with E-state index >= 15 is 0 Å². The zero-order chi connectivity index (χ0) is 17.6. The second-order valence-corrected chi connectivity index (χ2v) is 7.95. The highest BCUT2D eigenvalue weighted by molar-refractivity contribution is 9.10. The van der Waals surface area contributed by atoms with E-state index in [0.29, 0.717) is 10.2 Å². The minimum absolute atomic E-state index is 0.107. The van der Waals surface area contributed by atoms with Gasteiger partial charge in [-0.1, -0.05) is 18.2 Å². The summed E-state index contributed by atoms with van der Waals surface area (Å²) in [5, 5.41) is 6.20. The molecule has 0 atom stereocenters. The van der Waals surface area contributed by atoms with Gasteiger partial charge < -0.3 is 4.57 Å². The molecule has 2 aromatic carbocycles. The lowest BCUT2D eigenvalue weighted by Gasteiger charge is -2.08. The molecule has 0 spiro atoms. The average molecular weight is 407 g/mol. The SMILES string of the molecule is Cc1c(C(=O)c2ccc(Br)c(S(N)(=O)=O)c2)n(C)c2ccccc12. The number of hydrogen-bond acceptors (Lipinski definition) is 3. The molecule has 1 aromatic heterocycles. The Bertz CT molecular complexity index is 1050. The van der Waals surface area contributed by atoms with Crippen LogP contribution in [0, 0.1) is 6.92 Å². The quantitative estimate of drug-likeness (QED) is 0.678. The van der Waals surface area contributed by atoms with Gasteiger partial charge in [0.05, 0.1) is 10.6 Å². The smallest absolute Gasteiger partial charge is 0.239 e. The van der Waals surface area contributed by atoms with Crippen molar-refractivity contribution >= 4 is 42.6 Å². The Morgan fingerprint density at radius 3 is 2.46 bits per heavy atom. The molecule has 0 aliphatic rings. The van der Waals surface area contributed by atoms with Crippen LogP contribution in [-0.4, -0.2) is 18.8 Å². The molecule has 0 fully saturated rings. The van der Waals surface area contributed by atoms with Crippen LogP contribution in [0.1, 0.15) is 21.6 Å². The molecule has 24 heavy (non-hydrogen) atoms. The summed E-state index contributed by atoms with van der Waals surface area (Å²) in [6, 6.07) is 12.1. The lowest BCUT2D eigenvalue weighted by Crippen LogP contribution is -2.15. The number of carbonyl (C=O) groups excluding carboxylic acids is 1. The van der Waals surface area contributed by atoms with E-state index in [2.05, 4.69) is 15.9 Å².